The third-order valence-electron chi connectivity index (χ3n) is 9.64. The molecule has 0 bridgehead atoms. The molecule has 8 aromatic rings. The summed E-state index contributed by atoms with van der Waals surface area (Å²) < 4.78 is 0. The van der Waals surface area contributed by atoms with Crippen molar-refractivity contribution in [3.8, 4) is 44.9 Å². The second-order valence-corrected chi connectivity index (χ2v) is 12.6. The second kappa shape index (κ2) is 9.70. The SMILES string of the molecule is CC1(C)c2c(cc(-c3cccc(-c4cccc(-c5ccccn5)n4)c3)c3ccccc23)-c2c1c1ccccc1c1ccccc21. The standard InChI is InChI=1S/C43H30N2/c1-43(2)41-33-19-7-5-17-31(33)35(26-36(41)40-32-18-6-3-15-29(32)30-16-4-8-20-34(30)42(40)43)27-13-11-14-28(25-27)37-22-12-23-39(45-37)38-21-9-10-24-44-38/h3-26H,1-2H3. The van der Waals surface area contributed by atoms with Crippen LogP contribution >= 0.6 is 0 Å². The Bertz CT molecular complexity index is 2450. The van der Waals surface area contributed by atoms with Gasteiger partial charge in [0.1, 0.15) is 0 Å². The molecule has 1 aliphatic carbocycles. The Morgan fingerprint density at radius 3 is 1.76 bits per heavy atom. The van der Waals surface area contributed by atoms with E-state index < -0.39 is 0 Å². The first kappa shape index (κ1) is 25.9. The van der Waals surface area contributed by atoms with Crippen molar-refractivity contribution in [2.75, 3.05) is 0 Å². The number of fused-ring (bicyclic) bond motifs is 10. The Balaban J connectivity index is 1.31. The van der Waals surface area contributed by atoms with Gasteiger partial charge in [-0.25, -0.2) is 4.98 Å². The normalized spacial score (nSPS) is 13.3. The van der Waals surface area contributed by atoms with E-state index in [1.54, 1.807) is 0 Å². The van der Waals surface area contributed by atoms with Gasteiger partial charge in [-0.15, -0.1) is 0 Å². The van der Waals surface area contributed by atoms with E-state index in [1.165, 1.54) is 65.7 Å². The van der Waals surface area contributed by atoms with Gasteiger partial charge in [-0.05, 0) is 102 Å². The van der Waals surface area contributed by atoms with Crippen LogP contribution in [-0.4, -0.2) is 9.97 Å². The largest absolute Gasteiger partial charge is 0.255 e. The highest BCUT2D eigenvalue weighted by atomic mass is 14.8. The van der Waals surface area contributed by atoms with Crippen molar-refractivity contribution in [1.82, 2.24) is 9.97 Å². The molecule has 2 heteroatoms. The van der Waals surface area contributed by atoms with Gasteiger partial charge in [0.25, 0.3) is 0 Å². The van der Waals surface area contributed by atoms with Crippen molar-refractivity contribution in [1.29, 1.82) is 0 Å². The van der Waals surface area contributed by atoms with Crippen LogP contribution < -0.4 is 0 Å². The third-order valence-corrected chi connectivity index (χ3v) is 9.64. The lowest BCUT2D eigenvalue weighted by molar-refractivity contribution is 0.672. The van der Waals surface area contributed by atoms with E-state index >= 15 is 0 Å². The molecule has 0 spiro atoms. The summed E-state index contributed by atoms with van der Waals surface area (Å²) in [5, 5.41) is 7.90. The maximum absolute atomic E-state index is 5.02. The molecule has 0 aliphatic heterocycles. The van der Waals surface area contributed by atoms with Gasteiger partial charge in [0.05, 0.1) is 17.1 Å². The van der Waals surface area contributed by atoms with Crippen LogP contribution in [0.5, 0.6) is 0 Å². The number of hydrogen-bond donors (Lipinski definition) is 0. The molecule has 0 fully saturated rings. The summed E-state index contributed by atoms with van der Waals surface area (Å²) in [6.07, 6.45) is 1.81. The average molecular weight is 575 g/mol. The van der Waals surface area contributed by atoms with Crippen molar-refractivity contribution in [3.63, 3.8) is 0 Å². The van der Waals surface area contributed by atoms with E-state index in [4.69, 9.17) is 4.98 Å². The molecule has 0 amide bonds. The number of benzene rings is 6. The van der Waals surface area contributed by atoms with Crippen molar-refractivity contribution in [3.05, 3.63) is 157 Å². The topological polar surface area (TPSA) is 25.8 Å². The molecule has 212 valence electrons. The molecule has 2 nitrogen and oxygen atoms in total. The van der Waals surface area contributed by atoms with Crippen molar-refractivity contribution >= 4 is 32.3 Å². The first-order chi connectivity index (χ1) is 22.1. The van der Waals surface area contributed by atoms with Crippen LogP contribution in [0, 0.1) is 0 Å². The lowest BCUT2D eigenvalue weighted by Crippen LogP contribution is -2.16. The Kier molecular flexibility index (Phi) is 5.58. The number of pyridine rings is 2. The number of aromatic nitrogens is 2. The van der Waals surface area contributed by atoms with Crippen molar-refractivity contribution in [2.45, 2.75) is 19.3 Å². The molecule has 0 N–H and O–H groups in total. The third kappa shape index (κ3) is 3.82. The Hall–Kier alpha value is -5.60. The lowest BCUT2D eigenvalue weighted by atomic mass is 9.77. The summed E-state index contributed by atoms with van der Waals surface area (Å²) in [4.78, 5) is 9.54. The zero-order valence-corrected chi connectivity index (χ0v) is 25.3. The average Bonchev–Trinajstić information content (AvgIpc) is 3.35. The van der Waals surface area contributed by atoms with Gasteiger partial charge in [-0.1, -0.05) is 117 Å². The van der Waals surface area contributed by atoms with Gasteiger partial charge >= 0.3 is 0 Å². The summed E-state index contributed by atoms with van der Waals surface area (Å²) in [6, 6.07) is 50.2. The van der Waals surface area contributed by atoms with Crippen LogP contribution in [0.15, 0.2) is 146 Å². The highest BCUT2D eigenvalue weighted by molar-refractivity contribution is 6.20. The molecule has 45 heavy (non-hydrogen) atoms. The fourth-order valence-corrected chi connectivity index (χ4v) is 7.78. The van der Waals surface area contributed by atoms with E-state index in [2.05, 4.69) is 134 Å². The molecule has 2 aromatic heterocycles. The van der Waals surface area contributed by atoms with Gasteiger partial charge in [0, 0.05) is 17.2 Å². The fraction of sp³-hybridized carbons (Fsp3) is 0.0698. The molecule has 0 radical (unpaired) electrons. The zero-order valence-electron chi connectivity index (χ0n) is 25.3. The summed E-state index contributed by atoms with van der Waals surface area (Å²) >= 11 is 0. The maximum Gasteiger partial charge on any atom is 0.0893 e. The van der Waals surface area contributed by atoms with Crippen LogP contribution in [0.3, 0.4) is 0 Å². The number of hydrogen-bond acceptors (Lipinski definition) is 2. The monoisotopic (exact) mass is 574 g/mol. The first-order valence-electron chi connectivity index (χ1n) is 15.6. The molecule has 0 atom stereocenters. The molecule has 9 rings (SSSR count). The second-order valence-electron chi connectivity index (χ2n) is 12.6. The first-order valence-corrected chi connectivity index (χ1v) is 15.6. The predicted molar refractivity (Wildman–Crippen MR) is 188 cm³/mol. The smallest absolute Gasteiger partial charge is 0.0893 e. The van der Waals surface area contributed by atoms with Gasteiger partial charge in [-0.3, -0.25) is 4.98 Å². The van der Waals surface area contributed by atoms with Crippen LogP contribution in [0.25, 0.3) is 77.2 Å². The molecule has 0 unspecified atom stereocenters. The van der Waals surface area contributed by atoms with Gasteiger partial charge in [-0.2, -0.15) is 0 Å². The summed E-state index contributed by atoms with van der Waals surface area (Å²) in [7, 11) is 0. The molecule has 0 saturated heterocycles. The summed E-state index contributed by atoms with van der Waals surface area (Å²) in [5.74, 6) is 0. The summed E-state index contributed by atoms with van der Waals surface area (Å²) in [5.41, 5.74) is 11.6. The van der Waals surface area contributed by atoms with Crippen molar-refractivity contribution in [2.24, 2.45) is 0 Å². The minimum atomic E-state index is -0.163. The van der Waals surface area contributed by atoms with Crippen molar-refractivity contribution < 1.29 is 0 Å². The Morgan fingerprint density at radius 1 is 0.422 bits per heavy atom. The van der Waals surface area contributed by atoms with E-state index in [1.807, 2.05) is 30.5 Å². The van der Waals surface area contributed by atoms with Crippen LogP contribution in [0.4, 0.5) is 0 Å². The molecular weight excluding hydrogens is 544 g/mol. The van der Waals surface area contributed by atoms with E-state index in [9.17, 15) is 0 Å². The summed E-state index contributed by atoms with van der Waals surface area (Å²) in [6.45, 7) is 4.82. The van der Waals surface area contributed by atoms with Crippen LogP contribution in [0.2, 0.25) is 0 Å². The highest BCUT2D eigenvalue weighted by Gasteiger charge is 2.40. The zero-order chi connectivity index (χ0) is 30.1. The Labute approximate surface area is 262 Å². The molecule has 6 aromatic carbocycles. The predicted octanol–water partition coefficient (Wildman–Crippen LogP) is 11.2. The molecular formula is C43H30N2. The van der Waals surface area contributed by atoms with E-state index in [0.717, 1.165) is 22.6 Å². The van der Waals surface area contributed by atoms with E-state index in [0.29, 0.717) is 0 Å². The number of nitrogens with zero attached hydrogens (tertiary/aromatic N) is 2. The number of rotatable bonds is 3. The minimum Gasteiger partial charge on any atom is -0.255 e. The van der Waals surface area contributed by atoms with Gasteiger partial charge in [0.15, 0.2) is 0 Å². The van der Waals surface area contributed by atoms with Crippen LogP contribution in [0.1, 0.15) is 25.0 Å². The maximum atomic E-state index is 5.02. The van der Waals surface area contributed by atoms with Crippen LogP contribution in [-0.2, 0) is 5.41 Å². The van der Waals surface area contributed by atoms with E-state index in [-0.39, 0.29) is 5.41 Å². The van der Waals surface area contributed by atoms with Gasteiger partial charge in [0.2, 0.25) is 0 Å². The Morgan fingerprint density at radius 2 is 1.00 bits per heavy atom. The fourth-order valence-electron chi connectivity index (χ4n) is 7.78. The molecule has 2 heterocycles. The quantitative estimate of drug-likeness (QED) is 0.196. The highest BCUT2D eigenvalue weighted by Crippen LogP contribution is 2.57. The lowest BCUT2D eigenvalue weighted by Gasteiger charge is -2.25. The van der Waals surface area contributed by atoms with Gasteiger partial charge < -0.3 is 0 Å². The molecule has 0 saturated carbocycles. The molecule has 1 aliphatic rings. The minimum absolute atomic E-state index is 0.163.